The number of rotatable bonds is 10. The zero-order valence-electron chi connectivity index (χ0n) is 18.5. The van der Waals surface area contributed by atoms with Gasteiger partial charge < -0.3 is 15.0 Å². The first-order chi connectivity index (χ1) is 14.7. The number of nitrogens with one attached hydrogen (secondary N) is 1. The molecular weight excluding hydrogens is 435 g/mol. The first kappa shape index (κ1) is 25.0. The Balaban J connectivity index is 2.17. The lowest BCUT2D eigenvalue weighted by Gasteiger charge is -2.29. The Bertz CT molecular complexity index is 865. The van der Waals surface area contributed by atoms with Crippen molar-refractivity contribution in [1.82, 2.24) is 10.2 Å². The average molecular weight is 465 g/mol. The van der Waals surface area contributed by atoms with Crippen molar-refractivity contribution in [3.63, 3.8) is 0 Å². The number of ether oxygens (including phenoxy) is 1. The van der Waals surface area contributed by atoms with Crippen molar-refractivity contribution >= 4 is 35.0 Å². The molecule has 0 aliphatic rings. The quantitative estimate of drug-likeness (QED) is 0.509. The van der Waals surface area contributed by atoms with Crippen LogP contribution >= 0.6 is 23.2 Å². The molecular formula is C24H30Cl2N2O3. The summed E-state index contributed by atoms with van der Waals surface area (Å²) < 4.78 is 5.70. The van der Waals surface area contributed by atoms with Crippen molar-refractivity contribution in [3.05, 3.63) is 63.6 Å². The predicted octanol–water partition coefficient (Wildman–Crippen LogP) is 5.44. The van der Waals surface area contributed by atoms with Gasteiger partial charge in [0.1, 0.15) is 11.8 Å². The zero-order chi connectivity index (χ0) is 23.0. The zero-order valence-corrected chi connectivity index (χ0v) is 20.0. The van der Waals surface area contributed by atoms with E-state index in [1.807, 2.05) is 31.2 Å². The average Bonchev–Trinajstić information content (AvgIpc) is 2.75. The minimum atomic E-state index is -0.710. The third-order valence-electron chi connectivity index (χ3n) is 5.02. The molecule has 1 atom stereocenters. The molecule has 0 saturated carbocycles. The van der Waals surface area contributed by atoms with Gasteiger partial charge in [-0.1, -0.05) is 62.2 Å². The molecule has 0 unspecified atom stereocenters. The van der Waals surface area contributed by atoms with Gasteiger partial charge in [0.2, 0.25) is 5.91 Å². The van der Waals surface area contributed by atoms with E-state index in [-0.39, 0.29) is 25.0 Å². The van der Waals surface area contributed by atoms with E-state index in [1.54, 1.807) is 25.1 Å². The van der Waals surface area contributed by atoms with Crippen LogP contribution in [0.1, 0.15) is 51.2 Å². The number of carbonyl (C=O) groups excluding carboxylic acids is 2. The van der Waals surface area contributed by atoms with E-state index < -0.39 is 6.04 Å². The van der Waals surface area contributed by atoms with Crippen LogP contribution in [-0.4, -0.2) is 35.9 Å². The van der Waals surface area contributed by atoms with E-state index in [0.29, 0.717) is 33.8 Å². The number of carbonyl (C=O) groups is 2. The van der Waals surface area contributed by atoms with E-state index in [2.05, 4.69) is 19.2 Å². The molecule has 0 spiro atoms. The first-order valence-corrected chi connectivity index (χ1v) is 11.2. The maximum Gasteiger partial charge on any atom is 0.261 e. The van der Waals surface area contributed by atoms with Gasteiger partial charge in [-0.25, -0.2) is 0 Å². The molecule has 0 aliphatic heterocycles. The number of benzene rings is 2. The Morgan fingerprint density at radius 3 is 2.19 bits per heavy atom. The fourth-order valence-electron chi connectivity index (χ4n) is 3.01. The highest BCUT2D eigenvalue weighted by Crippen LogP contribution is 2.27. The van der Waals surface area contributed by atoms with Crippen molar-refractivity contribution < 1.29 is 14.3 Å². The van der Waals surface area contributed by atoms with Crippen LogP contribution in [0.2, 0.25) is 10.0 Å². The van der Waals surface area contributed by atoms with Crippen LogP contribution in [0.25, 0.3) is 0 Å². The molecule has 2 rings (SSSR count). The summed E-state index contributed by atoms with van der Waals surface area (Å²) in [6.07, 6.45) is 0.804. The topological polar surface area (TPSA) is 58.6 Å². The summed E-state index contributed by atoms with van der Waals surface area (Å²) >= 11 is 12.6. The summed E-state index contributed by atoms with van der Waals surface area (Å²) in [5.41, 5.74) is 1.78. The lowest BCUT2D eigenvalue weighted by molar-refractivity contribution is -0.142. The molecule has 5 nitrogen and oxygen atoms in total. The number of halogens is 2. The van der Waals surface area contributed by atoms with Crippen LogP contribution in [-0.2, 0) is 16.1 Å². The molecule has 1 N–H and O–H groups in total. The summed E-state index contributed by atoms with van der Waals surface area (Å²) in [6.45, 7) is 8.32. The number of amides is 2. The molecule has 2 aromatic rings. The summed E-state index contributed by atoms with van der Waals surface area (Å²) in [6, 6.07) is 12.1. The van der Waals surface area contributed by atoms with Gasteiger partial charge >= 0.3 is 0 Å². The van der Waals surface area contributed by atoms with Crippen LogP contribution in [0.15, 0.2) is 42.5 Å². The molecule has 2 amide bonds. The van der Waals surface area contributed by atoms with Crippen molar-refractivity contribution in [2.24, 2.45) is 0 Å². The van der Waals surface area contributed by atoms with Gasteiger partial charge in [-0.3, -0.25) is 9.59 Å². The highest BCUT2D eigenvalue weighted by Gasteiger charge is 2.27. The van der Waals surface area contributed by atoms with Crippen LogP contribution in [0.4, 0.5) is 0 Å². The molecule has 0 bridgehead atoms. The Labute approximate surface area is 194 Å². The van der Waals surface area contributed by atoms with Crippen LogP contribution < -0.4 is 10.1 Å². The SMILES string of the molecule is CCCNC(=O)[C@@H](C)N(Cc1c(Cl)cccc1Cl)C(=O)COc1ccc(C(C)C)cc1. The number of hydrogen-bond acceptors (Lipinski definition) is 3. The number of nitrogens with zero attached hydrogens (tertiary/aromatic N) is 1. The Morgan fingerprint density at radius 2 is 1.65 bits per heavy atom. The minimum absolute atomic E-state index is 0.105. The smallest absolute Gasteiger partial charge is 0.261 e. The summed E-state index contributed by atoms with van der Waals surface area (Å²) in [4.78, 5) is 27.1. The van der Waals surface area contributed by atoms with Gasteiger partial charge in [0.25, 0.3) is 5.91 Å². The van der Waals surface area contributed by atoms with E-state index in [9.17, 15) is 9.59 Å². The molecule has 0 radical (unpaired) electrons. The fourth-order valence-corrected chi connectivity index (χ4v) is 3.53. The largest absolute Gasteiger partial charge is 0.484 e. The van der Waals surface area contributed by atoms with Crippen LogP contribution in [0, 0.1) is 0 Å². The molecule has 0 aromatic heterocycles. The number of hydrogen-bond donors (Lipinski definition) is 1. The second-order valence-electron chi connectivity index (χ2n) is 7.70. The van der Waals surface area contributed by atoms with Crippen LogP contribution in [0.3, 0.4) is 0 Å². The van der Waals surface area contributed by atoms with Gasteiger partial charge in [-0.15, -0.1) is 0 Å². The summed E-state index contributed by atoms with van der Waals surface area (Å²) in [7, 11) is 0. The third-order valence-corrected chi connectivity index (χ3v) is 5.72. The van der Waals surface area contributed by atoms with E-state index in [4.69, 9.17) is 27.9 Å². The van der Waals surface area contributed by atoms with Crippen LogP contribution in [0.5, 0.6) is 5.75 Å². The first-order valence-electron chi connectivity index (χ1n) is 10.5. The van der Waals surface area contributed by atoms with Gasteiger partial charge in [0, 0.05) is 28.7 Å². The van der Waals surface area contributed by atoms with Gasteiger partial charge in [0.05, 0.1) is 0 Å². The maximum absolute atomic E-state index is 13.1. The second kappa shape index (κ2) is 12.0. The summed E-state index contributed by atoms with van der Waals surface area (Å²) in [5, 5.41) is 3.72. The minimum Gasteiger partial charge on any atom is -0.484 e. The molecule has 168 valence electrons. The van der Waals surface area contributed by atoms with Gasteiger partial charge in [-0.2, -0.15) is 0 Å². The van der Waals surface area contributed by atoms with Gasteiger partial charge in [0.15, 0.2) is 6.61 Å². The molecule has 0 heterocycles. The summed E-state index contributed by atoms with van der Waals surface area (Å²) in [5.74, 6) is 0.438. The van der Waals surface area contributed by atoms with E-state index in [1.165, 1.54) is 10.5 Å². The Morgan fingerprint density at radius 1 is 1.03 bits per heavy atom. The van der Waals surface area contributed by atoms with Crippen molar-refractivity contribution in [3.8, 4) is 5.75 Å². The monoisotopic (exact) mass is 464 g/mol. The lowest BCUT2D eigenvalue weighted by Crippen LogP contribution is -2.49. The molecule has 0 aliphatic carbocycles. The standard InChI is InChI=1S/C24H30Cl2N2O3/c1-5-13-27-24(30)17(4)28(14-20-21(25)7-6-8-22(20)26)23(29)15-31-19-11-9-18(10-12-19)16(2)3/h6-12,16-17H,5,13-15H2,1-4H3,(H,27,30)/t17-/m1/s1. The molecule has 31 heavy (non-hydrogen) atoms. The fraction of sp³-hybridized carbons (Fsp3) is 0.417. The third kappa shape index (κ3) is 7.15. The molecule has 0 fully saturated rings. The van der Waals surface area contributed by atoms with Crippen molar-refractivity contribution in [2.45, 2.75) is 52.6 Å². The second-order valence-corrected chi connectivity index (χ2v) is 8.52. The van der Waals surface area contributed by atoms with Crippen molar-refractivity contribution in [1.29, 1.82) is 0 Å². The van der Waals surface area contributed by atoms with Gasteiger partial charge in [-0.05, 0) is 49.1 Å². The van der Waals surface area contributed by atoms with E-state index in [0.717, 1.165) is 6.42 Å². The Hall–Kier alpha value is -2.24. The maximum atomic E-state index is 13.1. The molecule has 7 heteroatoms. The van der Waals surface area contributed by atoms with E-state index >= 15 is 0 Å². The predicted molar refractivity (Wildman–Crippen MR) is 126 cm³/mol. The normalized spacial score (nSPS) is 11.8. The highest BCUT2D eigenvalue weighted by molar-refractivity contribution is 6.36. The molecule has 0 saturated heterocycles. The Kier molecular flexibility index (Phi) is 9.66. The molecule has 2 aromatic carbocycles. The lowest BCUT2D eigenvalue weighted by atomic mass is 10.0. The van der Waals surface area contributed by atoms with Crippen molar-refractivity contribution in [2.75, 3.05) is 13.2 Å². The highest BCUT2D eigenvalue weighted by atomic mass is 35.5.